The molecule has 0 spiro atoms. The Morgan fingerprint density at radius 3 is 1.76 bits per heavy atom. The summed E-state index contributed by atoms with van der Waals surface area (Å²) in [4.78, 5) is 15.1. The van der Waals surface area contributed by atoms with Gasteiger partial charge < -0.3 is 4.42 Å². The molecule has 0 fully saturated rings. The number of furan rings is 1. The highest BCUT2D eigenvalue weighted by Crippen LogP contribution is 2.42. The van der Waals surface area contributed by atoms with E-state index in [1.54, 1.807) is 0 Å². The van der Waals surface area contributed by atoms with Crippen molar-refractivity contribution >= 4 is 53.4 Å². The normalized spacial score (nSPS) is 11.6. The summed E-state index contributed by atoms with van der Waals surface area (Å²) in [5, 5.41) is 4.59. The first-order valence-corrected chi connectivity index (χ1v) is 17.4. The molecule has 3 heterocycles. The third-order valence-corrected chi connectivity index (χ3v) is 10.6. The number of nitrogens with zero attached hydrogens (tertiary/aromatic N) is 3. The van der Waals surface area contributed by atoms with Crippen LogP contribution in [0.3, 0.4) is 0 Å². The number of hydrogen-bond donors (Lipinski definition) is 0. The van der Waals surface area contributed by atoms with Crippen molar-refractivity contribution in [1.82, 2.24) is 15.0 Å². The molecule has 0 atom stereocenters. The van der Waals surface area contributed by atoms with Crippen molar-refractivity contribution in [3.63, 3.8) is 0 Å². The molecule has 4 nitrogen and oxygen atoms in total. The summed E-state index contributed by atoms with van der Waals surface area (Å²) in [5.74, 6) is 1.82. The summed E-state index contributed by atoms with van der Waals surface area (Å²) in [6.45, 7) is 0. The fourth-order valence-corrected chi connectivity index (χ4v) is 8.18. The highest BCUT2D eigenvalue weighted by molar-refractivity contribution is 7.26. The third-order valence-electron chi connectivity index (χ3n) is 9.37. The van der Waals surface area contributed by atoms with E-state index < -0.39 is 0 Å². The van der Waals surface area contributed by atoms with E-state index in [-0.39, 0.29) is 0 Å². The first kappa shape index (κ1) is 28.6. The summed E-state index contributed by atoms with van der Waals surface area (Å²) >= 11 is 1.81. The Labute approximate surface area is 292 Å². The molecule has 0 aliphatic carbocycles. The molecule has 7 aromatic carbocycles. The predicted octanol–water partition coefficient (Wildman–Crippen LogP) is 12.5. The summed E-state index contributed by atoms with van der Waals surface area (Å²) in [7, 11) is 0. The fourth-order valence-electron chi connectivity index (χ4n) is 6.90. The van der Waals surface area contributed by atoms with Crippen LogP contribution in [0.2, 0.25) is 0 Å². The van der Waals surface area contributed by atoms with E-state index in [2.05, 4.69) is 103 Å². The first-order chi connectivity index (χ1) is 24.8. The molecule has 0 aliphatic heterocycles. The second kappa shape index (κ2) is 11.6. The molecular weight excluding hydrogens is 631 g/mol. The fraction of sp³-hybridized carbons (Fsp3) is 0. The largest absolute Gasteiger partial charge is 0.455 e. The smallest absolute Gasteiger partial charge is 0.167 e. The number of para-hydroxylation sites is 2. The van der Waals surface area contributed by atoms with E-state index >= 15 is 0 Å². The Bertz CT molecular complexity index is 2860. The minimum atomic E-state index is 0.580. The Hall–Kier alpha value is -6.43. The molecule has 10 aromatic rings. The van der Waals surface area contributed by atoms with Gasteiger partial charge in [-0.15, -0.1) is 11.3 Å². The zero-order chi connectivity index (χ0) is 33.0. The Balaban J connectivity index is 1.11. The van der Waals surface area contributed by atoms with Gasteiger partial charge in [-0.2, -0.15) is 0 Å². The quantitative estimate of drug-likeness (QED) is 0.185. The molecular formula is C45H27N3OS. The molecule has 0 saturated carbocycles. The van der Waals surface area contributed by atoms with Crippen LogP contribution in [0.15, 0.2) is 168 Å². The van der Waals surface area contributed by atoms with Gasteiger partial charge in [0, 0.05) is 42.1 Å². The predicted molar refractivity (Wildman–Crippen MR) is 207 cm³/mol. The van der Waals surface area contributed by atoms with Gasteiger partial charge in [0.1, 0.15) is 11.2 Å². The zero-order valence-electron chi connectivity index (χ0n) is 26.7. The van der Waals surface area contributed by atoms with E-state index in [1.165, 1.54) is 42.4 Å². The van der Waals surface area contributed by atoms with Crippen LogP contribution in [0, 0.1) is 0 Å². The van der Waals surface area contributed by atoms with Gasteiger partial charge >= 0.3 is 0 Å². The van der Waals surface area contributed by atoms with Crippen molar-refractivity contribution < 1.29 is 4.42 Å². The Kier molecular flexibility index (Phi) is 6.64. The molecule has 3 aromatic heterocycles. The first-order valence-electron chi connectivity index (χ1n) is 16.6. The molecule has 0 saturated heterocycles. The standard InChI is InChI=1S/C45H27N3OS/c1-3-11-28(12-4-1)29-21-23-30(24-22-29)33-16-9-18-37-35-26-25-32(27-40(35)50-42(33)37)44-46-43(31-13-5-2-6-14-31)47-45(48-44)38-19-10-17-36-34-15-7-8-20-39(34)49-41(36)38/h1-27H. The molecule has 234 valence electrons. The van der Waals surface area contributed by atoms with Crippen LogP contribution in [0.1, 0.15) is 0 Å². The number of aromatic nitrogens is 3. The molecule has 0 unspecified atom stereocenters. The summed E-state index contributed by atoms with van der Waals surface area (Å²) < 4.78 is 8.86. The van der Waals surface area contributed by atoms with Gasteiger partial charge in [0.25, 0.3) is 0 Å². The maximum atomic E-state index is 6.40. The maximum absolute atomic E-state index is 6.40. The van der Waals surface area contributed by atoms with Gasteiger partial charge in [-0.3, -0.25) is 0 Å². The van der Waals surface area contributed by atoms with Gasteiger partial charge in [0.05, 0.1) is 5.56 Å². The lowest BCUT2D eigenvalue weighted by molar-refractivity contribution is 0.669. The van der Waals surface area contributed by atoms with Crippen LogP contribution in [0.4, 0.5) is 0 Å². The van der Waals surface area contributed by atoms with Crippen LogP contribution in [0.5, 0.6) is 0 Å². The molecule has 50 heavy (non-hydrogen) atoms. The van der Waals surface area contributed by atoms with Crippen LogP contribution in [0.25, 0.3) is 98.5 Å². The molecule has 5 heteroatoms. The van der Waals surface area contributed by atoms with Gasteiger partial charge in [0.2, 0.25) is 0 Å². The van der Waals surface area contributed by atoms with Gasteiger partial charge in [-0.05, 0) is 40.5 Å². The molecule has 0 amide bonds. The molecule has 10 rings (SSSR count). The lowest BCUT2D eigenvalue weighted by Crippen LogP contribution is -2.00. The van der Waals surface area contributed by atoms with Crippen molar-refractivity contribution in [3.8, 4) is 56.4 Å². The molecule has 0 radical (unpaired) electrons. The third kappa shape index (κ3) is 4.79. The van der Waals surface area contributed by atoms with Crippen LogP contribution in [-0.4, -0.2) is 15.0 Å². The van der Waals surface area contributed by atoms with E-state index in [1.807, 2.05) is 72.0 Å². The highest BCUT2D eigenvalue weighted by Gasteiger charge is 2.18. The van der Waals surface area contributed by atoms with Crippen molar-refractivity contribution in [3.05, 3.63) is 164 Å². The maximum Gasteiger partial charge on any atom is 0.167 e. The van der Waals surface area contributed by atoms with Gasteiger partial charge in [-0.25, -0.2) is 15.0 Å². The van der Waals surface area contributed by atoms with Crippen molar-refractivity contribution in [2.45, 2.75) is 0 Å². The van der Waals surface area contributed by atoms with Gasteiger partial charge in [-0.1, -0.05) is 146 Å². The molecule has 0 aliphatic rings. The monoisotopic (exact) mass is 657 g/mol. The van der Waals surface area contributed by atoms with E-state index in [9.17, 15) is 0 Å². The summed E-state index contributed by atoms with van der Waals surface area (Å²) in [6.07, 6.45) is 0. The lowest BCUT2D eigenvalue weighted by Gasteiger charge is -2.09. The average Bonchev–Trinajstić information content (AvgIpc) is 3.77. The van der Waals surface area contributed by atoms with E-state index in [4.69, 9.17) is 19.4 Å². The number of thiophene rings is 1. The van der Waals surface area contributed by atoms with Crippen LogP contribution in [-0.2, 0) is 0 Å². The number of hydrogen-bond acceptors (Lipinski definition) is 5. The van der Waals surface area contributed by atoms with Crippen LogP contribution < -0.4 is 0 Å². The highest BCUT2D eigenvalue weighted by atomic mass is 32.1. The topological polar surface area (TPSA) is 51.8 Å². The Morgan fingerprint density at radius 2 is 0.960 bits per heavy atom. The minimum absolute atomic E-state index is 0.580. The zero-order valence-corrected chi connectivity index (χ0v) is 27.6. The van der Waals surface area contributed by atoms with Crippen molar-refractivity contribution in [2.75, 3.05) is 0 Å². The second-order valence-corrected chi connectivity index (χ2v) is 13.4. The number of rotatable bonds is 5. The van der Waals surface area contributed by atoms with Crippen LogP contribution >= 0.6 is 11.3 Å². The Morgan fingerprint density at radius 1 is 0.380 bits per heavy atom. The number of benzene rings is 7. The SMILES string of the molecule is c1ccc(-c2ccc(-c3cccc4c3sc3cc(-c5nc(-c6ccccc6)nc(-c6cccc7c6oc6ccccc67)n5)ccc34)cc2)cc1. The lowest BCUT2D eigenvalue weighted by atomic mass is 9.99. The van der Waals surface area contributed by atoms with E-state index in [0.29, 0.717) is 17.5 Å². The van der Waals surface area contributed by atoms with Crippen molar-refractivity contribution in [1.29, 1.82) is 0 Å². The average molecular weight is 658 g/mol. The number of fused-ring (bicyclic) bond motifs is 6. The summed E-state index contributed by atoms with van der Waals surface area (Å²) in [5.41, 5.74) is 9.20. The summed E-state index contributed by atoms with van der Waals surface area (Å²) in [6, 6.07) is 56.9. The molecule has 0 N–H and O–H groups in total. The van der Waals surface area contributed by atoms with E-state index in [0.717, 1.165) is 38.6 Å². The second-order valence-electron chi connectivity index (χ2n) is 12.4. The van der Waals surface area contributed by atoms with Gasteiger partial charge in [0.15, 0.2) is 17.5 Å². The molecule has 0 bridgehead atoms. The minimum Gasteiger partial charge on any atom is -0.455 e. The van der Waals surface area contributed by atoms with Crippen molar-refractivity contribution in [2.24, 2.45) is 0 Å².